The number of carbonyl (C=O) groups excluding carboxylic acids is 2. The van der Waals surface area contributed by atoms with Crippen LogP contribution in [-0.4, -0.2) is 22.4 Å². The van der Waals surface area contributed by atoms with Gasteiger partial charge in [-0.3, -0.25) is 4.79 Å². The normalized spacial score (nSPS) is 16.1. The first-order valence-electron chi connectivity index (χ1n) is 8.45. The van der Waals surface area contributed by atoms with E-state index in [2.05, 4.69) is 4.85 Å². The molecule has 0 aliphatic carbocycles. The summed E-state index contributed by atoms with van der Waals surface area (Å²) >= 11 is 0. The van der Waals surface area contributed by atoms with Crippen LogP contribution in [0.15, 0.2) is 42.5 Å². The van der Waals surface area contributed by atoms with Gasteiger partial charge in [-0.05, 0) is 51.0 Å². The number of aryl methyl sites for hydroxylation is 2. The first-order chi connectivity index (χ1) is 12.3. The Kier molecular flexibility index (Phi) is 4.29. The number of hydrogen-bond donors (Lipinski definition) is 0. The van der Waals surface area contributed by atoms with Gasteiger partial charge in [0, 0.05) is 6.54 Å². The van der Waals surface area contributed by atoms with Gasteiger partial charge < -0.3 is 4.90 Å². The molecule has 0 spiro atoms. The molecule has 2 aromatic rings. The van der Waals surface area contributed by atoms with Crippen LogP contribution in [0.5, 0.6) is 0 Å². The molecule has 0 unspecified atom stereocenters. The van der Waals surface area contributed by atoms with Crippen molar-refractivity contribution in [3.8, 4) is 0 Å². The minimum atomic E-state index is -0.937. The van der Waals surface area contributed by atoms with Crippen molar-refractivity contribution in [2.45, 2.75) is 39.8 Å². The van der Waals surface area contributed by atoms with Gasteiger partial charge in [0.15, 0.2) is 5.69 Å². The maximum absolute atomic E-state index is 13.1. The Morgan fingerprint density at radius 3 is 2.42 bits per heavy atom. The molecule has 1 aliphatic heterocycles. The third-order valence-corrected chi connectivity index (χ3v) is 4.81. The SMILES string of the molecule is [C-]#[N+]c1ccc(N2C(=O)N(Cc3cccc(C)c3)C(C)(C)C2=O)cc1C. The zero-order chi connectivity index (χ0) is 19.1. The second-order valence-corrected chi connectivity index (χ2v) is 7.14. The Bertz CT molecular complexity index is 941. The van der Waals surface area contributed by atoms with Crippen molar-refractivity contribution in [2.75, 3.05) is 4.90 Å². The maximum Gasteiger partial charge on any atom is 0.332 e. The van der Waals surface area contributed by atoms with Gasteiger partial charge in [-0.15, -0.1) is 0 Å². The van der Waals surface area contributed by atoms with E-state index >= 15 is 0 Å². The highest BCUT2D eigenvalue weighted by atomic mass is 16.2. The lowest BCUT2D eigenvalue weighted by molar-refractivity contribution is -0.123. The molecule has 3 rings (SSSR count). The number of imide groups is 1. The summed E-state index contributed by atoms with van der Waals surface area (Å²) in [5.41, 5.74) is 2.93. The van der Waals surface area contributed by atoms with Gasteiger partial charge in [0.1, 0.15) is 5.54 Å². The fraction of sp³-hybridized carbons (Fsp3) is 0.286. The van der Waals surface area contributed by atoms with Gasteiger partial charge in [-0.25, -0.2) is 14.5 Å². The number of hydrogen-bond acceptors (Lipinski definition) is 2. The van der Waals surface area contributed by atoms with Crippen LogP contribution in [0, 0.1) is 20.4 Å². The van der Waals surface area contributed by atoms with E-state index in [9.17, 15) is 9.59 Å². The van der Waals surface area contributed by atoms with Gasteiger partial charge in [0.2, 0.25) is 0 Å². The molecule has 132 valence electrons. The lowest BCUT2D eigenvalue weighted by atomic mass is 10.0. The molecule has 1 aliphatic rings. The first kappa shape index (κ1) is 17.7. The monoisotopic (exact) mass is 347 g/mol. The standard InChI is InChI=1S/C21H21N3O2/c1-14-7-6-8-16(11-14)13-23-20(26)24(19(25)21(23,3)4)17-9-10-18(22-5)15(2)12-17/h6-12H,13H2,1-4H3. The zero-order valence-electron chi connectivity index (χ0n) is 15.4. The summed E-state index contributed by atoms with van der Waals surface area (Å²) in [5.74, 6) is -0.259. The lowest BCUT2D eigenvalue weighted by Crippen LogP contribution is -2.43. The number of anilines is 1. The molecule has 0 radical (unpaired) electrons. The maximum atomic E-state index is 13.1. The number of amides is 3. The van der Waals surface area contributed by atoms with E-state index in [1.807, 2.05) is 31.2 Å². The number of benzene rings is 2. The number of carbonyl (C=O) groups is 2. The summed E-state index contributed by atoms with van der Waals surface area (Å²) in [5, 5.41) is 0. The van der Waals surface area contributed by atoms with Crippen LogP contribution in [-0.2, 0) is 11.3 Å². The van der Waals surface area contributed by atoms with Crippen LogP contribution < -0.4 is 4.90 Å². The molecular formula is C21H21N3O2. The van der Waals surface area contributed by atoms with E-state index in [4.69, 9.17) is 6.57 Å². The molecule has 5 nitrogen and oxygen atoms in total. The second kappa shape index (κ2) is 6.30. The van der Waals surface area contributed by atoms with Crippen LogP contribution in [0.4, 0.5) is 16.2 Å². The predicted octanol–water partition coefficient (Wildman–Crippen LogP) is 4.60. The Hall–Kier alpha value is -3.13. The molecule has 5 heteroatoms. The highest BCUT2D eigenvalue weighted by Gasteiger charge is 2.51. The summed E-state index contributed by atoms with van der Waals surface area (Å²) < 4.78 is 0. The molecular weight excluding hydrogens is 326 g/mol. The third kappa shape index (κ3) is 2.84. The molecule has 0 N–H and O–H groups in total. The number of rotatable bonds is 3. The Morgan fingerprint density at radius 2 is 1.81 bits per heavy atom. The van der Waals surface area contributed by atoms with Crippen LogP contribution in [0.1, 0.15) is 30.5 Å². The summed E-state index contributed by atoms with van der Waals surface area (Å²) in [6, 6.07) is 12.6. The molecule has 1 heterocycles. The van der Waals surface area contributed by atoms with Crippen molar-refractivity contribution in [1.29, 1.82) is 0 Å². The highest BCUT2D eigenvalue weighted by Crippen LogP contribution is 2.35. The highest BCUT2D eigenvalue weighted by molar-refractivity contribution is 6.23. The van der Waals surface area contributed by atoms with Crippen molar-refractivity contribution in [3.05, 3.63) is 70.6 Å². The molecule has 2 aromatic carbocycles. The zero-order valence-corrected chi connectivity index (χ0v) is 15.4. The Morgan fingerprint density at radius 1 is 1.08 bits per heavy atom. The Labute approximate surface area is 153 Å². The predicted molar refractivity (Wildman–Crippen MR) is 101 cm³/mol. The van der Waals surface area contributed by atoms with Crippen molar-refractivity contribution in [3.63, 3.8) is 0 Å². The molecule has 0 saturated carbocycles. The lowest BCUT2D eigenvalue weighted by Gasteiger charge is -2.27. The van der Waals surface area contributed by atoms with Gasteiger partial charge in [-0.2, -0.15) is 0 Å². The molecule has 26 heavy (non-hydrogen) atoms. The smallest absolute Gasteiger partial charge is 0.305 e. The minimum absolute atomic E-state index is 0.259. The van der Waals surface area contributed by atoms with Crippen molar-refractivity contribution < 1.29 is 9.59 Å². The number of urea groups is 1. The fourth-order valence-corrected chi connectivity index (χ4v) is 3.23. The van der Waals surface area contributed by atoms with Crippen LogP contribution in [0.3, 0.4) is 0 Å². The van der Waals surface area contributed by atoms with E-state index in [1.54, 1.807) is 43.9 Å². The topological polar surface area (TPSA) is 45.0 Å². The molecule has 3 amide bonds. The molecule has 1 saturated heterocycles. The minimum Gasteiger partial charge on any atom is -0.305 e. The quantitative estimate of drug-likeness (QED) is 0.601. The van der Waals surface area contributed by atoms with Crippen LogP contribution in [0.25, 0.3) is 4.85 Å². The van der Waals surface area contributed by atoms with Crippen molar-refractivity contribution in [2.24, 2.45) is 0 Å². The van der Waals surface area contributed by atoms with Gasteiger partial charge in [0.25, 0.3) is 5.91 Å². The largest absolute Gasteiger partial charge is 0.332 e. The number of nitrogens with zero attached hydrogens (tertiary/aromatic N) is 3. The van der Waals surface area contributed by atoms with E-state index in [-0.39, 0.29) is 11.9 Å². The van der Waals surface area contributed by atoms with Crippen molar-refractivity contribution >= 4 is 23.3 Å². The van der Waals surface area contributed by atoms with Gasteiger partial charge >= 0.3 is 6.03 Å². The molecule has 0 atom stereocenters. The summed E-state index contributed by atoms with van der Waals surface area (Å²) in [7, 11) is 0. The summed E-state index contributed by atoms with van der Waals surface area (Å²) in [4.78, 5) is 32.3. The first-order valence-corrected chi connectivity index (χ1v) is 8.45. The van der Waals surface area contributed by atoms with Crippen LogP contribution in [0.2, 0.25) is 0 Å². The summed E-state index contributed by atoms with van der Waals surface area (Å²) in [6.45, 7) is 14.9. The molecule has 0 aromatic heterocycles. The van der Waals surface area contributed by atoms with Gasteiger partial charge in [0.05, 0.1) is 12.3 Å². The average Bonchev–Trinajstić information content (AvgIpc) is 2.75. The van der Waals surface area contributed by atoms with Crippen molar-refractivity contribution in [1.82, 2.24) is 4.90 Å². The van der Waals surface area contributed by atoms with E-state index in [1.165, 1.54) is 4.90 Å². The van der Waals surface area contributed by atoms with E-state index in [0.29, 0.717) is 17.9 Å². The molecule has 0 bridgehead atoms. The summed E-state index contributed by atoms with van der Waals surface area (Å²) in [6.07, 6.45) is 0. The Balaban J connectivity index is 1.97. The second-order valence-electron chi connectivity index (χ2n) is 7.14. The fourth-order valence-electron chi connectivity index (χ4n) is 3.23. The van der Waals surface area contributed by atoms with E-state index in [0.717, 1.165) is 16.7 Å². The molecule has 1 fully saturated rings. The average molecular weight is 347 g/mol. The van der Waals surface area contributed by atoms with E-state index < -0.39 is 5.54 Å². The third-order valence-electron chi connectivity index (χ3n) is 4.81. The van der Waals surface area contributed by atoms with Gasteiger partial charge in [-0.1, -0.05) is 35.9 Å². The van der Waals surface area contributed by atoms with Crippen LogP contribution >= 0.6 is 0 Å².